The number of nitrogens with zero attached hydrogens (tertiary/aromatic N) is 1. The predicted molar refractivity (Wildman–Crippen MR) is 52.0 cm³/mol. The summed E-state index contributed by atoms with van der Waals surface area (Å²) in [7, 11) is 0. The molecule has 0 aromatic carbocycles. The zero-order chi connectivity index (χ0) is 9.14. The molecule has 0 saturated carbocycles. The summed E-state index contributed by atoms with van der Waals surface area (Å²) in [6.45, 7) is 2.79. The number of carbonyl (C=O) groups excluding carboxylic acids is 1. The van der Waals surface area contributed by atoms with Crippen molar-refractivity contribution in [2.45, 2.75) is 30.6 Å². The van der Waals surface area contributed by atoms with Crippen molar-refractivity contribution >= 4 is 21.8 Å². The second-order valence-electron chi connectivity index (χ2n) is 2.88. The second-order valence-corrected chi connectivity index (χ2v) is 3.98. The lowest BCUT2D eigenvalue weighted by Gasteiger charge is -2.21. The molecule has 0 aromatic rings. The first-order chi connectivity index (χ1) is 5.70. The third-order valence-electron chi connectivity index (χ3n) is 2.13. The molecule has 0 radical (unpaired) electrons. The highest BCUT2D eigenvalue weighted by Gasteiger charge is 2.32. The van der Waals surface area contributed by atoms with Gasteiger partial charge < -0.3 is 4.90 Å². The van der Waals surface area contributed by atoms with Crippen molar-refractivity contribution in [1.29, 1.82) is 0 Å². The van der Waals surface area contributed by atoms with Crippen LogP contribution in [0.2, 0.25) is 0 Å². The van der Waals surface area contributed by atoms with E-state index in [1.807, 2.05) is 6.92 Å². The number of halogens is 1. The molecular weight excluding hydrogens is 218 g/mol. The topological polar surface area (TPSA) is 20.3 Å². The van der Waals surface area contributed by atoms with Crippen LogP contribution in [0.1, 0.15) is 19.8 Å². The van der Waals surface area contributed by atoms with Crippen molar-refractivity contribution < 1.29 is 4.79 Å². The maximum atomic E-state index is 11.4. The van der Waals surface area contributed by atoms with Gasteiger partial charge in [-0.2, -0.15) is 0 Å². The Bertz CT molecular complexity index is 221. The number of alkyl halides is 1. The average Bonchev–Trinajstić information content (AvgIpc) is 2.38. The van der Waals surface area contributed by atoms with E-state index >= 15 is 0 Å². The number of terminal acetylenes is 1. The summed E-state index contributed by atoms with van der Waals surface area (Å²) in [5.74, 6) is 2.77. The van der Waals surface area contributed by atoms with Crippen molar-refractivity contribution in [2.24, 2.45) is 0 Å². The van der Waals surface area contributed by atoms with Crippen LogP contribution >= 0.6 is 15.9 Å². The van der Waals surface area contributed by atoms with Crippen LogP contribution < -0.4 is 0 Å². The summed E-state index contributed by atoms with van der Waals surface area (Å²) in [5.41, 5.74) is 0. The minimum Gasteiger partial charge on any atom is -0.328 e. The molecule has 66 valence electrons. The first-order valence-electron chi connectivity index (χ1n) is 4.11. The van der Waals surface area contributed by atoms with Gasteiger partial charge in [0.25, 0.3) is 0 Å². The molecule has 1 saturated heterocycles. The largest absolute Gasteiger partial charge is 0.328 e. The van der Waals surface area contributed by atoms with Crippen molar-refractivity contribution in [3.05, 3.63) is 0 Å². The van der Waals surface area contributed by atoms with Crippen LogP contribution in [-0.4, -0.2) is 28.2 Å². The molecule has 0 N–H and O–H groups in total. The van der Waals surface area contributed by atoms with E-state index in [9.17, 15) is 4.79 Å². The Morgan fingerprint density at radius 1 is 1.92 bits per heavy atom. The highest BCUT2D eigenvalue weighted by molar-refractivity contribution is 9.10. The fourth-order valence-corrected chi connectivity index (χ4v) is 1.87. The van der Waals surface area contributed by atoms with Crippen LogP contribution in [0.4, 0.5) is 0 Å². The van der Waals surface area contributed by atoms with Crippen LogP contribution in [0.5, 0.6) is 0 Å². The second kappa shape index (κ2) is 3.95. The third kappa shape index (κ3) is 1.64. The first kappa shape index (κ1) is 9.60. The summed E-state index contributed by atoms with van der Waals surface area (Å²) < 4.78 is 0. The fourth-order valence-electron chi connectivity index (χ4n) is 1.40. The molecular formula is C9H12BrNO. The summed E-state index contributed by atoms with van der Waals surface area (Å²) in [4.78, 5) is 13.2. The van der Waals surface area contributed by atoms with Crippen LogP contribution in [0, 0.1) is 12.3 Å². The van der Waals surface area contributed by atoms with E-state index in [-0.39, 0.29) is 16.8 Å². The normalized spacial score (nSPS) is 25.6. The average molecular weight is 230 g/mol. The molecule has 12 heavy (non-hydrogen) atoms. The van der Waals surface area contributed by atoms with Gasteiger partial charge in [0.05, 0.1) is 10.9 Å². The van der Waals surface area contributed by atoms with Gasteiger partial charge in [0.2, 0.25) is 5.91 Å². The van der Waals surface area contributed by atoms with Gasteiger partial charge in [-0.05, 0) is 12.8 Å². The molecule has 2 atom stereocenters. The number of likely N-dealkylation sites (tertiary alicyclic amines) is 1. The van der Waals surface area contributed by atoms with Crippen LogP contribution in [0.25, 0.3) is 0 Å². The molecule has 1 fully saturated rings. The smallest absolute Gasteiger partial charge is 0.237 e. The van der Waals surface area contributed by atoms with Crippen molar-refractivity contribution in [2.75, 3.05) is 6.54 Å². The minimum absolute atomic E-state index is 0.0138. The summed E-state index contributed by atoms with van der Waals surface area (Å²) >= 11 is 3.31. The van der Waals surface area contributed by atoms with Gasteiger partial charge in [-0.25, -0.2) is 0 Å². The lowest BCUT2D eigenvalue weighted by atomic mass is 10.2. The van der Waals surface area contributed by atoms with Gasteiger partial charge in [-0.15, -0.1) is 6.42 Å². The van der Waals surface area contributed by atoms with E-state index in [1.54, 1.807) is 4.90 Å². The highest BCUT2D eigenvalue weighted by Crippen LogP contribution is 2.21. The van der Waals surface area contributed by atoms with Crippen LogP contribution in [0.3, 0.4) is 0 Å². The van der Waals surface area contributed by atoms with E-state index in [1.165, 1.54) is 0 Å². The Balaban J connectivity index is 2.65. The van der Waals surface area contributed by atoms with Gasteiger partial charge in [-0.3, -0.25) is 4.79 Å². The van der Waals surface area contributed by atoms with Crippen molar-refractivity contribution in [3.63, 3.8) is 0 Å². The zero-order valence-corrected chi connectivity index (χ0v) is 8.67. The molecule has 0 bridgehead atoms. The number of carbonyl (C=O) groups is 1. The molecule has 1 aliphatic heterocycles. The Kier molecular flexibility index (Phi) is 3.16. The van der Waals surface area contributed by atoms with Gasteiger partial charge in [-0.1, -0.05) is 28.8 Å². The first-order valence-corrected chi connectivity index (χ1v) is 5.03. The van der Waals surface area contributed by atoms with Crippen LogP contribution in [-0.2, 0) is 4.79 Å². The predicted octanol–water partition coefficient (Wildman–Crippen LogP) is 1.39. The maximum Gasteiger partial charge on any atom is 0.237 e. The van der Waals surface area contributed by atoms with Gasteiger partial charge in [0, 0.05) is 6.54 Å². The summed E-state index contributed by atoms with van der Waals surface area (Å²) in [6.07, 6.45) is 7.02. The quantitative estimate of drug-likeness (QED) is 0.518. The maximum absolute atomic E-state index is 11.4. The van der Waals surface area contributed by atoms with E-state index in [0.717, 1.165) is 19.4 Å². The molecule has 1 rings (SSSR count). The number of rotatable bonds is 2. The molecule has 1 aliphatic rings. The van der Waals surface area contributed by atoms with Gasteiger partial charge in [0.1, 0.15) is 0 Å². The zero-order valence-electron chi connectivity index (χ0n) is 7.09. The van der Waals surface area contributed by atoms with E-state index in [0.29, 0.717) is 0 Å². The fraction of sp³-hybridized carbons (Fsp3) is 0.667. The molecule has 0 aromatic heterocycles. The molecule has 1 heterocycles. The van der Waals surface area contributed by atoms with Crippen molar-refractivity contribution in [1.82, 2.24) is 4.90 Å². The Morgan fingerprint density at radius 2 is 2.58 bits per heavy atom. The molecule has 2 nitrogen and oxygen atoms in total. The Labute approximate surface area is 81.4 Å². The standard InChI is InChI=1S/C9H12BrNO/c1-3-7(4-2)11-6-5-8(10)9(11)12/h1,7-8H,4-6H2,2H3. The molecule has 3 heteroatoms. The Morgan fingerprint density at radius 3 is 2.92 bits per heavy atom. The third-order valence-corrected chi connectivity index (χ3v) is 2.98. The van der Waals surface area contributed by atoms with Crippen LogP contribution in [0.15, 0.2) is 0 Å². The number of hydrogen-bond donors (Lipinski definition) is 0. The minimum atomic E-state index is -0.0140. The van der Waals surface area contributed by atoms with Gasteiger partial charge in [0.15, 0.2) is 0 Å². The van der Waals surface area contributed by atoms with E-state index < -0.39 is 0 Å². The van der Waals surface area contributed by atoms with Crippen molar-refractivity contribution in [3.8, 4) is 12.3 Å². The molecule has 0 spiro atoms. The Hall–Kier alpha value is -0.490. The lowest BCUT2D eigenvalue weighted by Crippen LogP contribution is -2.36. The summed E-state index contributed by atoms with van der Waals surface area (Å²) in [6, 6.07) is -0.0138. The van der Waals surface area contributed by atoms with Gasteiger partial charge >= 0.3 is 0 Å². The van der Waals surface area contributed by atoms with E-state index in [2.05, 4.69) is 21.9 Å². The molecule has 2 unspecified atom stereocenters. The van der Waals surface area contributed by atoms with E-state index in [4.69, 9.17) is 6.42 Å². The highest BCUT2D eigenvalue weighted by atomic mass is 79.9. The molecule has 1 amide bonds. The molecule has 0 aliphatic carbocycles. The monoisotopic (exact) mass is 229 g/mol. The number of amides is 1. The summed E-state index contributed by atoms with van der Waals surface area (Å²) in [5, 5.41) is 0. The SMILES string of the molecule is C#CC(CC)N1CCC(Br)C1=O. The lowest BCUT2D eigenvalue weighted by molar-refractivity contribution is -0.128. The number of hydrogen-bond acceptors (Lipinski definition) is 1.